The highest BCUT2D eigenvalue weighted by atomic mass is 16.5. The summed E-state index contributed by atoms with van der Waals surface area (Å²) in [7, 11) is 0. The fourth-order valence-corrected chi connectivity index (χ4v) is 2.41. The van der Waals surface area contributed by atoms with E-state index in [0.717, 1.165) is 18.6 Å². The Morgan fingerprint density at radius 2 is 1.88 bits per heavy atom. The Morgan fingerprint density at radius 3 is 2.38 bits per heavy atom. The Balaban J connectivity index is 2.02. The molecule has 0 spiro atoms. The molecule has 1 aliphatic carbocycles. The van der Waals surface area contributed by atoms with Crippen molar-refractivity contribution < 1.29 is 4.74 Å². The van der Waals surface area contributed by atoms with Gasteiger partial charge in [0.1, 0.15) is 5.75 Å². The maximum atomic E-state index is 5.93. The van der Waals surface area contributed by atoms with Crippen LogP contribution < -0.4 is 10.5 Å². The lowest BCUT2D eigenvalue weighted by Crippen LogP contribution is -2.14. The molecule has 0 aliphatic heterocycles. The maximum Gasteiger partial charge on any atom is 0.119 e. The molecule has 16 heavy (non-hydrogen) atoms. The molecule has 0 amide bonds. The van der Waals surface area contributed by atoms with Gasteiger partial charge in [-0.2, -0.15) is 0 Å². The minimum absolute atomic E-state index is 0.241. The summed E-state index contributed by atoms with van der Waals surface area (Å²) in [5.41, 5.74) is 7.34. The number of ether oxygens (including phenoxy) is 1. The first-order valence-electron chi connectivity index (χ1n) is 6.17. The van der Waals surface area contributed by atoms with E-state index in [0.29, 0.717) is 12.0 Å². The second-order valence-corrected chi connectivity index (χ2v) is 5.01. The molecule has 2 heteroatoms. The molecule has 0 aromatic heterocycles. The number of hydrogen-bond acceptors (Lipinski definition) is 2. The van der Waals surface area contributed by atoms with E-state index in [4.69, 9.17) is 10.5 Å². The van der Waals surface area contributed by atoms with Crippen LogP contribution in [0, 0.1) is 0 Å². The summed E-state index contributed by atoms with van der Waals surface area (Å²) in [6.45, 7) is 4.09. The zero-order valence-corrected chi connectivity index (χ0v) is 10.1. The van der Waals surface area contributed by atoms with E-state index in [2.05, 4.69) is 24.3 Å². The van der Waals surface area contributed by atoms with Crippen molar-refractivity contribution >= 4 is 0 Å². The third-order valence-electron chi connectivity index (χ3n) is 3.20. The van der Waals surface area contributed by atoms with Crippen LogP contribution in [0.2, 0.25) is 0 Å². The molecule has 88 valence electrons. The minimum atomic E-state index is 0.241. The molecular weight excluding hydrogens is 198 g/mol. The van der Waals surface area contributed by atoms with Crippen LogP contribution in [0.1, 0.15) is 44.6 Å². The molecule has 2 nitrogen and oxygen atoms in total. The van der Waals surface area contributed by atoms with Gasteiger partial charge in [-0.05, 0) is 56.7 Å². The third-order valence-corrected chi connectivity index (χ3v) is 3.20. The normalized spacial score (nSPS) is 25.0. The van der Waals surface area contributed by atoms with Crippen molar-refractivity contribution in [2.24, 2.45) is 5.73 Å². The van der Waals surface area contributed by atoms with Gasteiger partial charge in [0, 0.05) is 6.04 Å². The quantitative estimate of drug-likeness (QED) is 0.848. The Morgan fingerprint density at radius 1 is 1.19 bits per heavy atom. The molecule has 0 heterocycles. The predicted octanol–water partition coefficient (Wildman–Crippen LogP) is 3.07. The number of hydrogen-bond donors (Lipinski definition) is 1. The summed E-state index contributed by atoms with van der Waals surface area (Å²) < 4.78 is 5.63. The van der Waals surface area contributed by atoms with Crippen LogP contribution in [0.4, 0.5) is 0 Å². The van der Waals surface area contributed by atoms with Crippen molar-refractivity contribution in [2.75, 3.05) is 0 Å². The van der Waals surface area contributed by atoms with Gasteiger partial charge in [-0.3, -0.25) is 0 Å². The van der Waals surface area contributed by atoms with E-state index in [1.807, 2.05) is 13.8 Å². The minimum Gasteiger partial charge on any atom is -0.491 e. The predicted molar refractivity (Wildman–Crippen MR) is 66.8 cm³/mol. The molecule has 0 radical (unpaired) electrons. The SMILES string of the molecule is CC(C)Oc1ccc([C@@H]2CC[C@H](N)C2)cc1. The van der Waals surface area contributed by atoms with Gasteiger partial charge in [0.05, 0.1) is 6.10 Å². The first kappa shape index (κ1) is 11.5. The molecule has 1 fully saturated rings. The van der Waals surface area contributed by atoms with E-state index < -0.39 is 0 Å². The lowest BCUT2D eigenvalue weighted by molar-refractivity contribution is 0.242. The van der Waals surface area contributed by atoms with E-state index in [-0.39, 0.29) is 6.10 Å². The van der Waals surface area contributed by atoms with E-state index in [1.54, 1.807) is 0 Å². The molecule has 0 bridgehead atoms. The molecule has 2 atom stereocenters. The summed E-state index contributed by atoms with van der Waals surface area (Å²) in [5.74, 6) is 1.61. The Kier molecular flexibility index (Phi) is 3.49. The Bertz CT molecular complexity index is 331. The van der Waals surface area contributed by atoms with Gasteiger partial charge in [-0.15, -0.1) is 0 Å². The van der Waals surface area contributed by atoms with E-state index in [1.165, 1.54) is 12.0 Å². The topological polar surface area (TPSA) is 35.2 Å². The van der Waals surface area contributed by atoms with Crippen molar-refractivity contribution in [3.05, 3.63) is 29.8 Å². The average Bonchev–Trinajstić information content (AvgIpc) is 2.65. The molecule has 1 aliphatic rings. The number of nitrogens with two attached hydrogens (primary N) is 1. The first-order valence-corrected chi connectivity index (χ1v) is 6.17. The summed E-state index contributed by atoms with van der Waals surface area (Å²) >= 11 is 0. The fourth-order valence-electron chi connectivity index (χ4n) is 2.41. The molecule has 0 saturated heterocycles. The van der Waals surface area contributed by atoms with Gasteiger partial charge in [0.25, 0.3) is 0 Å². The van der Waals surface area contributed by atoms with Crippen LogP contribution in [0.5, 0.6) is 5.75 Å². The van der Waals surface area contributed by atoms with Crippen molar-refractivity contribution in [1.82, 2.24) is 0 Å². The van der Waals surface area contributed by atoms with E-state index in [9.17, 15) is 0 Å². The molecule has 1 aromatic carbocycles. The standard InChI is InChI=1S/C14H21NO/c1-10(2)16-14-7-4-11(5-8-14)12-3-6-13(15)9-12/h4-5,7-8,10,12-13H,3,6,9,15H2,1-2H3/t12-,13+/m1/s1. The highest BCUT2D eigenvalue weighted by Crippen LogP contribution is 2.34. The molecule has 1 saturated carbocycles. The lowest BCUT2D eigenvalue weighted by Gasteiger charge is -2.13. The Hall–Kier alpha value is -1.02. The zero-order valence-electron chi connectivity index (χ0n) is 10.1. The highest BCUT2D eigenvalue weighted by molar-refractivity contribution is 5.30. The molecule has 2 N–H and O–H groups in total. The van der Waals surface area contributed by atoms with Gasteiger partial charge in [0.2, 0.25) is 0 Å². The van der Waals surface area contributed by atoms with Gasteiger partial charge in [-0.1, -0.05) is 12.1 Å². The summed E-state index contributed by atoms with van der Waals surface area (Å²) in [6, 6.07) is 8.90. The van der Waals surface area contributed by atoms with Gasteiger partial charge >= 0.3 is 0 Å². The fraction of sp³-hybridized carbons (Fsp3) is 0.571. The third kappa shape index (κ3) is 2.76. The van der Waals surface area contributed by atoms with Gasteiger partial charge < -0.3 is 10.5 Å². The summed E-state index contributed by atoms with van der Waals surface area (Å²) in [6.07, 6.45) is 3.76. The van der Waals surface area contributed by atoms with Crippen molar-refractivity contribution in [2.45, 2.75) is 51.2 Å². The second kappa shape index (κ2) is 4.88. The molecule has 2 rings (SSSR count). The number of rotatable bonds is 3. The van der Waals surface area contributed by atoms with Crippen LogP contribution in [-0.4, -0.2) is 12.1 Å². The van der Waals surface area contributed by atoms with E-state index >= 15 is 0 Å². The van der Waals surface area contributed by atoms with Crippen LogP contribution in [0.15, 0.2) is 24.3 Å². The lowest BCUT2D eigenvalue weighted by atomic mass is 9.97. The van der Waals surface area contributed by atoms with Gasteiger partial charge in [0.15, 0.2) is 0 Å². The smallest absolute Gasteiger partial charge is 0.119 e. The summed E-state index contributed by atoms with van der Waals surface area (Å²) in [5, 5.41) is 0. The van der Waals surface area contributed by atoms with Crippen LogP contribution in [0.25, 0.3) is 0 Å². The van der Waals surface area contributed by atoms with Crippen molar-refractivity contribution in [1.29, 1.82) is 0 Å². The molecule has 0 unspecified atom stereocenters. The van der Waals surface area contributed by atoms with Crippen molar-refractivity contribution in [3.63, 3.8) is 0 Å². The van der Waals surface area contributed by atoms with Crippen LogP contribution >= 0.6 is 0 Å². The maximum absolute atomic E-state index is 5.93. The molecule has 1 aromatic rings. The number of benzene rings is 1. The largest absolute Gasteiger partial charge is 0.491 e. The monoisotopic (exact) mass is 219 g/mol. The van der Waals surface area contributed by atoms with Crippen molar-refractivity contribution in [3.8, 4) is 5.75 Å². The highest BCUT2D eigenvalue weighted by Gasteiger charge is 2.22. The van der Waals surface area contributed by atoms with Crippen LogP contribution in [-0.2, 0) is 0 Å². The van der Waals surface area contributed by atoms with Gasteiger partial charge in [-0.25, -0.2) is 0 Å². The van der Waals surface area contributed by atoms with Crippen LogP contribution in [0.3, 0.4) is 0 Å². The average molecular weight is 219 g/mol. The second-order valence-electron chi connectivity index (χ2n) is 5.01. The zero-order chi connectivity index (χ0) is 11.5. The Labute approximate surface area is 97.8 Å². The summed E-state index contributed by atoms with van der Waals surface area (Å²) in [4.78, 5) is 0. The molecular formula is C14H21NO. The first-order chi connectivity index (χ1) is 7.65.